The Morgan fingerprint density at radius 1 is 1.00 bits per heavy atom. The van der Waals surface area contributed by atoms with Gasteiger partial charge in [0.05, 0.1) is 0 Å². The van der Waals surface area contributed by atoms with E-state index in [1.807, 2.05) is 36.4 Å². The zero-order chi connectivity index (χ0) is 22.5. The molecule has 1 aliphatic rings. The third-order valence-corrected chi connectivity index (χ3v) is 5.23. The fraction of sp³-hybridized carbons (Fsp3) is 0.348. The van der Waals surface area contributed by atoms with Crippen molar-refractivity contribution in [1.82, 2.24) is 15.1 Å². The summed E-state index contributed by atoms with van der Waals surface area (Å²) in [6.45, 7) is -0.101. The molecule has 3 rings (SSSR count). The van der Waals surface area contributed by atoms with Gasteiger partial charge >= 0.3 is 12.1 Å². The highest BCUT2D eigenvalue weighted by Gasteiger charge is 2.30. The van der Waals surface area contributed by atoms with E-state index in [0.29, 0.717) is 0 Å². The summed E-state index contributed by atoms with van der Waals surface area (Å²) in [7, 11) is 4.91. The Labute approximate surface area is 181 Å². The highest BCUT2D eigenvalue weighted by atomic mass is 16.5. The number of hydrogen-bond acceptors (Lipinski definition) is 5. The highest BCUT2D eigenvalue weighted by molar-refractivity contribution is 5.88. The molecule has 0 fully saturated rings. The molecule has 0 heterocycles. The van der Waals surface area contributed by atoms with Gasteiger partial charge < -0.3 is 25.0 Å². The summed E-state index contributed by atoms with van der Waals surface area (Å²) in [5.74, 6) is -1.71. The molecule has 31 heavy (non-hydrogen) atoms. The fourth-order valence-electron chi connectivity index (χ4n) is 3.88. The number of carbonyl (C=O) groups is 3. The number of rotatable bonds is 8. The van der Waals surface area contributed by atoms with Crippen molar-refractivity contribution < 1.29 is 24.2 Å². The maximum Gasteiger partial charge on any atom is 0.407 e. The van der Waals surface area contributed by atoms with Crippen molar-refractivity contribution in [3.05, 3.63) is 59.7 Å². The van der Waals surface area contributed by atoms with Gasteiger partial charge in [0.25, 0.3) is 0 Å². The minimum absolute atomic E-state index is 0.0872. The van der Waals surface area contributed by atoms with Crippen LogP contribution in [0.1, 0.15) is 17.0 Å². The zero-order valence-electron chi connectivity index (χ0n) is 17.9. The average Bonchev–Trinajstić information content (AvgIpc) is 3.04. The number of aliphatic carboxylic acids is 1. The number of benzene rings is 2. The quantitative estimate of drug-likeness (QED) is 0.671. The molecule has 2 aromatic carbocycles. The van der Waals surface area contributed by atoms with Crippen molar-refractivity contribution in [3.8, 4) is 11.1 Å². The Bertz CT molecular complexity index is 930. The second kappa shape index (κ2) is 9.61. The molecule has 0 aromatic heterocycles. The molecule has 8 heteroatoms. The van der Waals surface area contributed by atoms with E-state index in [2.05, 4.69) is 17.4 Å². The van der Waals surface area contributed by atoms with E-state index in [9.17, 15) is 14.4 Å². The van der Waals surface area contributed by atoms with Gasteiger partial charge in [-0.25, -0.2) is 4.79 Å². The number of amides is 2. The SMILES string of the molecule is CN(C)CC(NC(=O)OCC1c2ccccc2-c2ccccc21)C(=O)N(C)CC(=O)O. The number of alkyl carbamates (subject to hydrolysis) is 1. The first kappa shape index (κ1) is 22.3. The molecule has 2 N–H and O–H groups in total. The summed E-state index contributed by atoms with van der Waals surface area (Å²) < 4.78 is 5.51. The first-order valence-electron chi connectivity index (χ1n) is 10.0. The van der Waals surface area contributed by atoms with Gasteiger partial charge in [0.15, 0.2) is 0 Å². The summed E-state index contributed by atoms with van der Waals surface area (Å²) in [4.78, 5) is 38.9. The number of carbonyl (C=O) groups excluding carboxylic acids is 2. The molecule has 1 atom stereocenters. The lowest BCUT2D eigenvalue weighted by Gasteiger charge is -2.25. The van der Waals surface area contributed by atoms with Gasteiger partial charge in [0.2, 0.25) is 5.91 Å². The topological polar surface area (TPSA) is 99.2 Å². The molecule has 2 aromatic rings. The maximum absolute atomic E-state index is 12.6. The minimum Gasteiger partial charge on any atom is -0.480 e. The van der Waals surface area contributed by atoms with Crippen LogP contribution in [0.3, 0.4) is 0 Å². The van der Waals surface area contributed by atoms with Crippen LogP contribution in [0.15, 0.2) is 48.5 Å². The second-order valence-corrected chi connectivity index (χ2v) is 7.87. The van der Waals surface area contributed by atoms with Crippen LogP contribution in [0.2, 0.25) is 0 Å². The number of nitrogens with one attached hydrogen (secondary N) is 1. The van der Waals surface area contributed by atoms with Crippen molar-refractivity contribution in [1.29, 1.82) is 0 Å². The summed E-state index contributed by atoms with van der Waals surface area (Å²) >= 11 is 0. The molecule has 0 saturated heterocycles. The van der Waals surface area contributed by atoms with Gasteiger partial charge in [0, 0.05) is 19.5 Å². The Balaban J connectivity index is 1.68. The van der Waals surface area contributed by atoms with Gasteiger partial charge in [-0.15, -0.1) is 0 Å². The lowest BCUT2D eigenvalue weighted by Crippen LogP contribution is -2.53. The van der Waals surface area contributed by atoms with Crippen LogP contribution in [-0.2, 0) is 14.3 Å². The highest BCUT2D eigenvalue weighted by Crippen LogP contribution is 2.44. The third-order valence-electron chi connectivity index (χ3n) is 5.23. The predicted octanol–water partition coefficient (Wildman–Crippen LogP) is 2.00. The standard InChI is InChI=1S/C23H27N3O5/c1-25(2)12-20(22(29)26(3)13-21(27)28)24-23(30)31-14-19-17-10-6-4-8-15(17)16-9-5-7-11-18(16)19/h4-11,19-20H,12-14H2,1-3H3,(H,24,30)(H,27,28). The normalized spacial score (nSPS) is 13.3. The Morgan fingerprint density at radius 3 is 2.06 bits per heavy atom. The molecular formula is C23H27N3O5. The number of ether oxygens (including phenoxy) is 1. The molecule has 2 amide bonds. The van der Waals surface area contributed by atoms with E-state index in [1.54, 1.807) is 19.0 Å². The van der Waals surface area contributed by atoms with E-state index in [4.69, 9.17) is 9.84 Å². The molecule has 8 nitrogen and oxygen atoms in total. The van der Waals surface area contributed by atoms with Crippen LogP contribution in [0.25, 0.3) is 11.1 Å². The van der Waals surface area contributed by atoms with E-state index >= 15 is 0 Å². The van der Waals surface area contributed by atoms with Crippen molar-refractivity contribution in [2.75, 3.05) is 40.8 Å². The number of hydrogen-bond donors (Lipinski definition) is 2. The number of carboxylic acids is 1. The summed E-state index contributed by atoms with van der Waals surface area (Å²) in [6.07, 6.45) is -0.717. The molecule has 164 valence electrons. The molecule has 0 saturated carbocycles. The molecule has 0 spiro atoms. The van der Waals surface area contributed by atoms with Gasteiger partial charge in [-0.3, -0.25) is 9.59 Å². The largest absolute Gasteiger partial charge is 0.480 e. The van der Waals surface area contributed by atoms with Crippen molar-refractivity contribution >= 4 is 18.0 Å². The molecule has 0 radical (unpaired) electrons. The molecule has 0 bridgehead atoms. The lowest BCUT2D eigenvalue weighted by molar-refractivity contribution is -0.144. The Kier molecular flexibility index (Phi) is 6.91. The van der Waals surface area contributed by atoms with E-state index in [-0.39, 0.29) is 19.1 Å². The number of carboxylic acid groups (broad SMARTS) is 1. The van der Waals surface area contributed by atoms with Crippen LogP contribution < -0.4 is 5.32 Å². The van der Waals surface area contributed by atoms with E-state index in [0.717, 1.165) is 27.2 Å². The fourth-order valence-corrected chi connectivity index (χ4v) is 3.88. The average molecular weight is 425 g/mol. The Hall–Kier alpha value is -3.39. The maximum atomic E-state index is 12.6. The summed E-state index contributed by atoms with van der Waals surface area (Å²) in [6, 6.07) is 15.1. The monoisotopic (exact) mass is 425 g/mol. The first-order chi connectivity index (χ1) is 14.8. The molecular weight excluding hydrogens is 398 g/mol. The van der Waals surface area contributed by atoms with Crippen LogP contribution in [0.5, 0.6) is 0 Å². The van der Waals surface area contributed by atoms with Crippen molar-refractivity contribution in [3.63, 3.8) is 0 Å². The smallest absolute Gasteiger partial charge is 0.407 e. The van der Waals surface area contributed by atoms with E-state index < -0.39 is 30.6 Å². The lowest BCUT2D eigenvalue weighted by atomic mass is 9.98. The third kappa shape index (κ3) is 5.21. The van der Waals surface area contributed by atoms with Crippen molar-refractivity contribution in [2.45, 2.75) is 12.0 Å². The Morgan fingerprint density at radius 2 is 1.55 bits per heavy atom. The molecule has 1 unspecified atom stereocenters. The van der Waals surface area contributed by atoms with Gasteiger partial charge in [-0.05, 0) is 36.3 Å². The summed E-state index contributed by atoms with van der Waals surface area (Å²) in [5.41, 5.74) is 4.45. The predicted molar refractivity (Wildman–Crippen MR) is 116 cm³/mol. The summed E-state index contributed by atoms with van der Waals surface area (Å²) in [5, 5.41) is 11.5. The second-order valence-electron chi connectivity index (χ2n) is 7.87. The van der Waals surface area contributed by atoms with Crippen molar-refractivity contribution in [2.24, 2.45) is 0 Å². The van der Waals surface area contributed by atoms with E-state index in [1.165, 1.54) is 7.05 Å². The van der Waals surface area contributed by atoms with Crippen LogP contribution in [0.4, 0.5) is 4.79 Å². The number of fused-ring (bicyclic) bond motifs is 3. The van der Waals surface area contributed by atoms with Gasteiger partial charge in [0.1, 0.15) is 19.2 Å². The number of nitrogens with zero attached hydrogens (tertiary/aromatic N) is 2. The number of likely N-dealkylation sites (N-methyl/N-ethyl adjacent to an activating group) is 2. The van der Waals surface area contributed by atoms with Gasteiger partial charge in [-0.1, -0.05) is 48.5 Å². The van der Waals surface area contributed by atoms with Crippen LogP contribution in [0, 0.1) is 0 Å². The molecule has 0 aliphatic heterocycles. The minimum atomic E-state index is -1.12. The molecule has 1 aliphatic carbocycles. The van der Waals surface area contributed by atoms with Crippen LogP contribution >= 0.6 is 0 Å². The first-order valence-corrected chi connectivity index (χ1v) is 10.0. The van der Waals surface area contributed by atoms with Gasteiger partial charge in [-0.2, -0.15) is 0 Å². The van der Waals surface area contributed by atoms with Crippen LogP contribution in [-0.4, -0.2) is 79.8 Å². The zero-order valence-corrected chi connectivity index (χ0v) is 17.9.